The molecule has 3 aromatic rings. The summed E-state index contributed by atoms with van der Waals surface area (Å²) in [7, 11) is 1.71. The maximum absolute atomic E-state index is 13.8. The Hall–Kier alpha value is -4.11. The van der Waals surface area contributed by atoms with Crippen LogP contribution in [-0.2, 0) is 4.79 Å². The zero-order valence-electron chi connectivity index (χ0n) is 25.2. The largest absolute Gasteiger partial charge is 0.485 e. The summed E-state index contributed by atoms with van der Waals surface area (Å²) in [4.78, 5) is 43.6. The second kappa shape index (κ2) is 13.5. The van der Waals surface area contributed by atoms with Gasteiger partial charge in [-0.2, -0.15) is 0 Å². The minimum absolute atomic E-state index is 0.0667. The van der Waals surface area contributed by atoms with Crippen molar-refractivity contribution < 1.29 is 24.2 Å². The van der Waals surface area contributed by atoms with Crippen molar-refractivity contribution in [2.24, 2.45) is 11.8 Å². The summed E-state index contributed by atoms with van der Waals surface area (Å²) in [6.45, 7) is 4.16. The average Bonchev–Trinajstić information content (AvgIpc) is 3.03. The minimum Gasteiger partial charge on any atom is -0.485 e. The van der Waals surface area contributed by atoms with Crippen molar-refractivity contribution in [3.63, 3.8) is 0 Å². The average molecular weight is 587 g/mol. The van der Waals surface area contributed by atoms with E-state index in [1.165, 1.54) is 0 Å². The predicted molar refractivity (Wildman–Crippen MR) is 168 cm³/mol. The molecule has 3 N–H and O–H groups in total. The number of rotatable bonds is 7. The number of nitrogens with one attached hydrogen (secondary N) is 2. The molecule has 0 radical (unpaired) electrons. The lowest BCUT2D eigenvalue weighted by molar-refractivity contribution is -0.120. The number of para-hydroxylation sites is 1. The number of aliphatic hydroxyl groups excluding tert-OH is 1. The number of carbonyl (C=O) groups is 3. The SMILES string of the molecule is C[C@H](CO)N1C[C@H](C)[C@@H](CN(C)C(=O)Nc2cccc3ccccc23)Oc2c(NC(=O)C3CCCCC3)cccc2C1=O. The second-order valence-corrected chi connectivity index (χ2v) is 12.0. The van der Waals surface area contributed by atoms with Crippen molar-refractivity contribution in [1.29, 1.82) is 0 Å². The maximum Gasteiger partial charge on any atom is 0.321 e. The normalized spacial score (nSPS) is 19.9. The fourth-order valence-electron chi connectivity index (χ4n) is 6.06. The molecule has 0 spiro atoms. The van der Waals surface area contributed by atoms with E-state index < -0.39 is 12.1 Å². The molecule has 4 amide bonds. The first kappa shape index (κ1) is 30.4. The number of urea groups is 1. The predicted octanol–water partition coefficient (Wildman–Crippen LogP) is 5.74. The summed E-state index contributed by atoms with van der Waals surface area (Å²) < 4.78 is 6.60. The van der Waals surface area contributed by atoms with Gasteiger partial charge >= 0.3 is 6.03 Å². The Balaban J connectivity index is 1.42. The summed E-state index contributed by atoms with van der Waals surface area (Å²) >= 11 is 0. The van der Waals surface area contributed by atoms with Gasteiger partial charge in [0.05, 0.1) is 36.1 Å². The van der Waals surface area contributed by atoms with Gasteiger partial charge in [-0.25, -0.2) is 4.79 Å². The first-order valence-corrected chi connectivity index (χ1v) is 15.3. The summed E-state index contributed by atoms with van der Waals surface area (Å²) in [6.07, 6.45) is 4.39. The number of benzene rings is 3. The van der Waals surface area contributed by atoms with E-state index in [2.05, 4.69) is 10.6 Å². The highest BCUT2D eigenvalue weighted by Crippen LogP contribution is 2.36. The number of hydrogen-bond donors (Lipinski definition) is 3. The zero-order chi connectivity index (χ0) is 30.5. The van der Waals surface area contributed by atoms with Gasteiger partial charge in [0.25, 0.3) is 5.91 Å². The van der Waals surface area contributed by atoms with Gasteiger partial charge in [0.1, 0.15) is 6.10 Å². The van der Waals surface area contributed by atoms with E-state index in [-0.39, 0.29) is 42.8 Å². The highest BCUT2D eigenvalue weighted by Gasteiger charge is 2.35. The van der Waals surface area contributed by atoms with E-state index in [0.717, 1.165) is 42.9 Å². The minimum atomic E-state index is -0.503. The molecule has 1 saturated carbocycles. The molecule has 0 aromatic heterocycles. The topological polar surface area (TPSA) is 111 Å². The van der Waals surface area contributed by atoms with Crippen LogP contribution < -0.4 is 15.4 Å². The zero-order valence-corrected chi connectivity index (χ0v) is 25.2. The van der Waals surface area contributed by atoms with Crippen LogP contribution in [0.25, 0.3) is 10.8 Å². The lowest BCUT2D eigenvalue weighted by atomic mass is 9.88. The highest BCUT2D eigenvalue weighted by atomic mass is 16.5. The van der Waals surface area contributed by atoms with E-state index in [1.54, 1.807) is 42.0 Å². The van der Waals surface area contributed by atoms with Crippen LogP contribution in [0.5, 0.6) is 5.75 Å². The third-order valence-electron chi connectivity index (χ3n) is 8.76. The van der Waals surface area contributed by atoms with Crippen LogP contribution in [0.1, 0.15) is 56.3 Å². The molecule has 1 heterocycles. The van der Waals surface area contributed by atoms with Gasteiger partial charge in [-0.1, -0.05) is 68.7 Å². The number of aliphatic hydroxyl groups is 1. The van der Waals surface area contributed by atoms with Crippen LogP contribution in [0.3, 0.4) is 0 Å². The number of ether oxygens (including phenoxy) is 1. The van der Waals surface area contributed by atoms with Crippen LogP contribution in [0.4, 0.5) is 16.2 Å². The third-order valence-corrected chi connectivity index (χ3v) is 8.76. The molecule has 0 bridgehead atoms. The Kier molecular flexibility index (Phi) is 9.50. The smallest absolute Gasteiger partial charge is 0.321 e. The molecule has 43 heavy (non-hydrogen) atoms. The van der Waals surface area contributed by atoms with E-state index in [1.807, 2.05) is 49.4 Å². The molecular formula is C34H42N4O5. The van der Waals surface area contributed by atoms with Crippen LogP contribution in [0.2, 0.25) is 0 Å². The Morgan fingerprint density at radius 3 is 2.47 bits per heavy atom. The fraction of sp³-hybridized carbons (Fsp3) is 0.441. The number of hydrogen-bond acceptors (Lipinski definition) is 5. The molecular weight excluding hydrogens is 544 g/mol. The van der Waals surface area contributed by atoms with Gasteiger partial charge in [-0.3, -0.25) is 9.59 Å². The van der Waals surface area contributed by atoms with Crippen LogP contribution in [-0.4, -0.2) is 71.6 Å². The van der Waals surface area contributed by atoms with Crippen molar-refractivity contribution in [3.05, 3.63) is 66.2 Å². The fourth-order valence-corrected chi connectivity index (χ4v) is 6.06. The number of carbonyl (C=O) groups excluding carboxylic acids is 3. The first-order valence-electron chi connectivity index (χ1n) is 15.3. The van der Waals surface area contributed by atoms with Crippen LogP contribution in [0, 0.1) is 11.8 Å². The lowest BCUT2D eigenvalue weighted by Gasteiger charge is -2.38. The molecule has 228 valence electrons. The number of nitrogens with zero attached hydrogens (tertiary/aromatic N) is 2. The summed E-state index contributed by atoms with van der Waals surface area (Å²) in [5.74, 6) is -0.300. The number of likely N-dealkylation sites (N-methyl/N-ethyl adjacent to an activating group) is 1. The van der Waals surface area contributed by atoms with Crippen molar-refractivity contribution in [2.45, 2.75) is 58.1 Å². The monoisotopic (exact) mass is 586 g/mol. The molecule has 1 aliphatic carbocycles. The Morgan fingerprint density at radius 1 is 1.00 bits per heavy atom. The summed E-state index contributed by atoms with van der Waals surface area (Å²) in [6, 6.07) is 18.1. The standard InChI is InChI=1S/C34H42N4O5/c1-22-19-38(23(2)21-39)33(41)27-16-10-18-29(35-32(40)25-12-5-4-6-13-25)31(27)43-30(22)20-37(3)34(42)36-28-17-9-14-24-11-7-8-15-26(24)28/h7-11,14-18,22-23,25,30,39H,4-6,12-13,19-21H2,1-3H3,(H,35,40)(H,36,42)/t22-,23+,30+/m0/s1. The van der Waals surface area contributed by atoms with Crippen LogP contribution in [0.15, 0.2) is 60.7 Å². The molecule has 5 rings (SSSR count). The molecule has 0 unspecified atom stereocenters. The maximum atomic E-state index is 13.8. The summed E-state index contributed by atoms with van der Waals surface area (Å²) in [5.41, 5.74) is 1.48. The first-order chi connectivity index (χ1) is 20.8. The summed E-state index contributed by atoms with van der Waals surface area (Å²) in [5, 5.41) is 18.0. The highest BCUT2D eigenvalue weighted by molar-refractivity contribution is 6.03. The molecule has 3 atom stereocenters. The molecule has 3 aromatic carbocycles. The lowest BCUT2D eigenvalue weighted by Crippen LogP contribution is -2.50. The van der Waals surface area contributed by atoms with Crippen molar-refractivity contribution in [2.75, 3.05) is 37.4 Å². The number of fused-ring (bicyclic) bond motifs is 2. The van der Waals surface area contributed by atoms with Gasteiger partial charge in [-0.05, 0) is 43.4 Å². The van der Waals surface area contributed by atoms with Crippen molar-refractivity contribution in [3.8, 4) is 5.75 Å². The third kappa shape index (κ3) is 6.77. The molecule has 2 aliphatic rings. The van der Waals surface area contributed by atoms with Gasteiger partial charge < -0.3 is 30.3 Å². The number of amides is 4. The van der Waals surface area contributed by atoms with Crippen molar-refractivity contribution >= 4 is 40.0 Å². The van der Waals surface area contributed by atoms with E-state index >= 15 is 0 Å². The molecule has 1 fully saturated rings. The van der Waals surface area contributed by atoms with Gasteiger partial charge in [0, 0.05) is 30.8 Å². The quantitative estimate of drug-likeness (QED) is 0.327. The van der Waals surface area contributed by atoms with Crippen LogP contribution >= 0.6 is 0 Å². The van der Waals surface area contributed by atoms with Gasteiger partial charge in [0.2, 0.25) is 5.91 Å². The van der Waals surface area contributed by atoms with E-state index in [9.17, 15) is 19.5 Å². The van der Waals surface area contributed by atoms with Gasteiger partial charge in [-0.15, -0.1) is 0 Å². The second-order valence-electron chi connectivity index (χ2n) is 12.0. The van der Waals surface area contributed by atoms with E-state index in [4.69, 9.17) is 4.74 Å². The molecule has 9 heteroatoms. The molecule has 1 aliphatic heterocycles. The number of anilines is 2. The van der Waals surface area contributed by atoms with E-state index in [0.29, 0.717) is 29.2 Å². The Bertz CT molecular complexity index is 1460. The van der Waals surface area contributed by atoms with Crippen molar-refractivity contribution in [1.82, 2.24) is 9.80 Å². The Morgan fingerprint density at radius 2 is 1.70 bits per heavy atom. The molecule has 0 saturated heterocycles. The molecule has 9 nitrogen and oxygen atoms in total. The van der Waals surface area contributed by atoms with Gasteiger partial charge in [0.15, 0.2) is 5.75 Å². The Labute approximate surface area is 253 Å².